The second-order valence-corrected chi connectivity index (χ2v) is 6.84. The molecule has 2 heteroatoms. The Morgan fingerprint density at radius 3 is 2.83 bits per heavy atom. The molecular formula is C16H24ClN. The van der Waals surface area contributed by atoms with Gasteiger partial charge in [0.1, 0.15) is 0 Å². The van der Waals surface area contributed by atoms with Crippen LogP contribution in [0.1, 0.15) is 50.7 Å². The van der Waals surface area contributed by atoms with Crippen molar-refractivity contribution in [2.45, 2.75) is 59.0 Å². The Bertz CT molecular complexity index is 412. The van der Waals surface area contributed by atoms with E-state index in [0.29, 0.717) is 11.5 Å². The zero-order valence-corrected chi connectivity index (χ0v) is 12.5. The number of aryl methyl sites for hydroxylation is 1. The lowest BCUT2D eigenvalue weighted by atomic mass is 9.75. The van der Waals surface area contributed by atoms with E-state index in [1.807, 2.05) is 6.07 Å². The molecule has 1 unspecified atom stereocenters. The van der Waals surface area contributed by atoms with Crippen molar-refractivity contribution in [3.05, 3.63) is 34.3 Å². The molecule has 1 nitrogen and oxygen atoms in total. The molecule has 1 aromatic rings. The smallest absolute Gasteiger partial charge is 0.0453 e. The third kappa shape index (κ3) is 3.73. The van der Waals surface area contributed by atoms with Crippen molar-refractivity contribution in [2.75, 3.05) is 0 Å². The van der Waals surface area contributed by atoms with Crippen LogP contribution in [0.2, 0.25) is 5.02 Å². The van der Waals surface area contributed by atoms with Crippen LogP contribution in [-0.2, 0) is 6.54 Å². The minimum atomic E-state index is 0.493. The Morgan fingerprint density at radius 1 is 1.39 bits per heavy atom. The first-order chi connectivity index (χ1) is 8.46. The molecule has 1 aliphatic rings. The zero-order valence-electron chi connectivity index (χ0n) is 11.7. The molecule has 1 saturated carbocycles. The minimum Gasteiger partial charge on any atom is -0.310 e. The number of hydrogen-bond acceptors (Lipinski definition) is 1. The highest BCUT2D eigenvalue weighted by atomic mass is 35.5. The molecule has 18 heavy (non-hydrogen) atoms. The van der Waals surface area contributed by atoms with E-state index < -0.39 is 0 Å². The molecule has 2 rings (SSSR count). The van der Waals surface area contributed by atoms with E-state index in [4.69, 9.17) is 11.6 Å². The predicted molar refractivity (Wildman–Crippen MR) is 79.1 cm³/mol. The van der Waals surface area contributed by atoms with Crippen LogP contribution < -0.4 is 5.32 Å². The number of hydrogen-bond donors (Lipinski definition) is 1. The van der Waals surface area contributed by atoms with Gasteiger partial charge in [-0.2, -0.15) is 0 Å². The quantitative estimate of drug-likeness (QED) is 0.835. The summed E-state index contributed by atoms with van der Waals surface area (Å²) in [5, 5.41) is 4.56. The largest absolute Gasteiger partial charge is 0.310 e. The van der Waals surface area contributed by atoms with Gasteiger partial charge in [-0.05, 0) is 48.8 Å². The maximum Gasteiger partial charge on any atom is 0.0453 e. The van der Waals surface area contributed by atoms with Crippen LogP contribution in [0.4, 0.5) is 0 Å². The summed E-state index contributed by atoms with van der Waals surface area (Å²) < 4.78 is 0. The van der Waals surface area contributed by atoms with Gasteiger partial charge in [-0.25, -0.2) is 0 Å². The molecule has 0 aromatic heterocycles. The SMILES string of the molecule is Cc1ccc(CNC2CCCC(C)(C)C2)c(Cl)c1. The summed E-state index contributed by atoms with van der Waals surface area (Å²) in [4.78, 5) is 0. The molecule has 1 atom stereocenters. The van der Waals surface area contributed by atoms with Gasteiger partial charge in [0.15, 0.2) is 0 Å². The van der Waals surface area contributed by atoms with E-state index in [0.717, 1.165) is 11.6 Å². The monoisotopic (exact) mass is 265 g/mol. The summed E-state index contributed by atoms with van der Waals surface area (Å²) >= 11 is 6.26. The van der Waals surface area contributed by atoms with Crippen LogP contribution in [-0.4, -0.2) is 6.04 Å². The second kappa shape index (κ2) is 5.63. The number of nitrogens with one attached hydrogen (secondary N) is 1. The summed E-state index contributed by atoms with van der Waals surface area (Å²) in [6, 6.07) is 6.96. The van der Waals surface area contributed by atoms with Gasteiger partial charge >= 0.3 is 0 Å². The van der Waals surface area contributed by atoms with E-state index in [2.05, 4.69) is 38.2 Å². The first kappa shape index (κ1) is 13.9. The summed E-state index contributed by atoms with van der Waals surface area (Å²) in [5.41, 5.74) is 2.93. The second-order valence-electron chi connectivity index (χ2n) is 6.43. The molecular weight excluding hydrogens is 242 g/mol. The van der Waals surface area contributed by atoms with Crippen LogP contribution in [0.15, 0.2) is 18.2 Å². The highest BCUT2D eigenvalue weighted by molar-refractivity contribution is 6.31. The van der Waals surface area contributed by atoms with Gasteiger partial charge in [-0.1, -0.05) is 44.0 Å². The molecule has 0 amide bonds. The highest BCUT2D eigenvalue weighted by Gasteiger charge is 2.27. The molecule has 1 aliphatic carbocycles. The Morgan fingerprint density at radius 2 is 2.17 bits per heavy atom. The van der Waals surface area contributed by atoms with Gasteiger partial charge in [0, 0.05) is 17.6 Å². The summed E-state index contributed by atoms with van der Waals surface area (Å²) in [5.74, 6) is 0. The first-order valence-electron chi connectivity index (χ1n) is 6.95. The van der Waals surface area contributed by atoms with Crippen molar-refractivity contribution < 1.29 is 0 Å². The molecule has 0 aliphatic heterocycles. The Labute approximate surface area is 116 Å². The van der Waals surface area contributed by atoms with Crippen molar-refractivity contribution >= 4 is 11.6 Å². The highest BCUT2D eigenvalue weighted by Crippen LogP contribution is 2.35. The number of benzene rings is 1. The Balaban J connectivity index is 1.91. The van der Waals surface area contributed by atoms with Gasteiger partial charge in [0.2, 0.25) is 0 Å². The lowest BCUT2D eigenvalue weighted by molar-refractivity contribution is 0.198. The van der Waals surface area contributed by atoms with Crippen LogP contribution in [0.5, 0.6) is 0 Å². The van der Waals surface area contributed by atoms with Gasteiger partial charge in [0.25, 0.3) is 0 Å². The normalized spacial score (nSPS) is 23.0. The van der Waals surface area contributed by atoms with E-state index in [1.165, 1.54) is 36.8 Å². The third-order valence-corrected chi connectivity index (χ3v) is 4.35. The van der Waals surface area contributed by atoms with Gasteiger partial charge in [-0.3, -0.25) is 0 Å². The molecule has 1 N–H and O–H groups in total. The van der Waals surface area contributed by atoms with Crippen molar-refractivity contribution in [3.63, 3.8) is 0 Å². The number of halogens is 1. The van der Waals surface area contributed by atoms with Crippen LogP contribution in [0.25, 0.3) is 0 Å². The molecule has 0 spiro atoms. The van der Waals surface area contributed by atoms with Crippen LogP contribution in [0, 0.1) is 12.3 Å². The Hall–Kier alpha value is -0.530. The molecule has 1 fully saturated rings. The van der Waals surface area contributed by atoms with Gasteiger partial charge in [0.05, 0.1) is 0 Å². The lowest BCUT2D eigenvalue weighted by Gasteiger charge is -2.35. The molecule has 100 valence electrons. The molecule has 0 heterocycles. The molecule has 0 radical (unpaired) electrons. The topological polar surface area (TPSA) is 12.0 Å². The van der Waals surface area contributed by atoms with Crippen molar-refractivity contribution in [3.8, 4) is 0 Å². The van der Waals surface area contributed by atoms with E-state index in [9.17, 15) is 0 Å². The Kier molecular flexibility index (Phi) is 4.34. The maximum atomic E-state index is 6.26. The zero-order chi connectivity index (χ0) is 13.2. The van der Waals surface area contributed by atoms with E-state index in [-0.39, 0.29) is 0 Å². The fourth-order valence-electron chi connectivity index (χ4n) is 2.92. The molecule has 0 saturated heterocycles. The molecule has 1 aromatic carbocycles. The van der Waals surface area contributed by atoms with Crippen LogP contribution in [0.3, 0.4) is 0 Å². The summed E-state index contributed by atoms with van der Waals surface area (Å²) in [6.45, 7) is 7.71. The summed E-state index contributed by atoms with van der Waals surface area (Å²) in [6.07, 6.45) is 5.27. The van der Waals surface area contributed by atoms with E-state index in [1.54, 1.807) is 0 Å². The standard InChI is InChI=1S/C16H24ClN/c1-12-6-7-13(15(17)9-12)11-18-14-5-4-8-16(2,3)10-14/h6-7,9,14,18H,4-5,8,10-11H2,1-3H3. The summed E-state index contributed by atoms with van der Waals surface area (Å²) in [7, 11) is 0. The first-order valence-corrected chi connectivity index (χ1v) is 7.32. The van der Waals surface area contributed by atoms with Gasteiger partial charge in [-0.15, -0.1) is 0 Å². The average Bonchev–Trinajstić information content (AvgIpc) is 2.26. The van der Waals surface area contributed by atoms with Crippen molar-refractivity contribution in [1.29, 1.82) is 0 Å². The fourth-order valence-corrected chi connectivity index (χ4v) is 3.22. The van der Waals surface area contributed by atoms with Gasteiger partial charge < -0.3 is 5.32 Å². The lowest BCUT2D eigenvalue weighted by Crippen LogP contribution is -2.36. The van der Waals surface area contributed by atoms with Crippen molar-refractivity contribution in [2.24, 2.45) is 5.41 Å². The number of rotatable bonds is 3. The third-order valence-electron chi connectivity index (χ3n) is 3.99. The molecule has 0 bridgehead atoms. The van der Waals surface area contributed by atoms with Crippen LogP contribution >= 0.6 is 11.6 Å². The fraction of sp³-hybridized carbons (Fsp3) is 0.625. The maximum absolute atomic E-state index is 6.26. The minimum absolute atomic E-state index is 0.493. The van der Waals surface area contributed by atoms with Crippen molar-refractivity contribution in [1.82, 2.24) is 5.32 Å². The average molecular weight is 266 g/mol. The predicted octanol–water partition coefficient (Wildman–Crippen LogP) is 4.71. The van der Waals surface area contributed by atoms with E-state index >= 15 is 0 Å².